The lowest BCUT2D eigenvalue weighted by Crippen LogP contribution is -2.51. The molecule has 2 bridgehead atoms. The average molecular weight is 503 g/mol. The first-order valence-electron chi connectivity index (χ1n) is 13.0. The minimum atomic E-state index is -0.892. The highest BCUT2D eigenvalue weighted by Crippen LogP contribution is 2.49. The molecule has 4 saturated carbocycles. The van der Waals surface area contributed by atoms with Gasteiger partial charge in [-0.3, -0.25) is 14.4 Å². The number of hydrogen-bond donors (Lipinski definition) is 3. The van der Waals surface area contributed by atoms with Crippen molar-refractivity contribution in [3.05, 3.63) is 23.5 Å². The number of methoxy groups -OCH3 is 1. The van der Waals surface area contributed by atoms with Crippen molar-refractivity contribution in [2.24, 2.45) is 29.1 Å². The van der Waals surface area contributed by atoms with E-state index in [9.17, 15) is 18.8 Å². The fraction of sp³-hybridized carbons (Fsp3) is 0.667. The molecule has 1 aromatic carbocycles. The summed E-state index contributed by atoms with van der Waals surface area (Å²) in [6.45, 7) is 2.86. The predicted molar refractivity (Wildman–Crippen MR) is 128 cm³/mol. The maximum atomic E-state index is 14.7. The van der Waals surface area contributed by atoms with E-state index in [4.69, 9.17) is 14.6 Å². The third kappa shape index (κ3) is 4.64. The van der Waals surface area contributed by atoms with Crippen LogP contribution in [0.3, 0.4) is 0 Å². The van der Waals surface area contributed by atoms with Crippen LogP contribution in [0, 0.1) is 34.9 Å². The standard InChI is InChI=1S/C27H35FN2O6/c1-27(6-3-7-27)13-29-25(32)22-14-4-5-15(8-14)23(22)30-24(31)18-11-21(19(28)12-20(18)35-2)36-17-9-16(10-17)26(33)34/h11-12,14-17,22-23H,3-10,13H2,1-2H3,(H,29,32)(H,30,31)(H,33,34). The Morgan fingerprint density at radius 1 is 1.11 bits per heavy atom. The van der Waals surface area contributed by atoms with E-state index < -0.39 is 29.7 Å². The number of benzene rings is 1. The van der Waals surface area contributed by atoms with Gasteiger partial charge in [-0.1, -0.05) is 13.3 Å². The molecule has 4 fully saturated rings. The number of amides is 2. The highest BCUT2D eigenvalue weighted by atomic mass is 19.1. The van der Waals surface area contributed by atoms with Gasteiger partial charge in [-0.05, 0) is 68.3 Å². The van der Waals surface area contributed by atoms with Crippen LogP contribution in [0.1, 0.15) is 68.6 Å². The van der Waals surface area contributed by atoms with Crippen LogP contribution in [0.5, 0.6) is 11.5 Å². The van der Waals surface area contributed by atoms with Crippen LogP contribution < -0.4 is 20.1 Å². The molecule has 3 N–H and O–H groups in total. The van der Waals surface area contributed by atoms with Gasteiger partial charge in [0.2, 0.25) is 5.91 Å². The highest BCUT2D eigenvalue weighted by Gasteiger charge is 2.51. The largest absolute Gasteiger partial charge is 0.496 e. The molecule has 0 saturated heterocycles. The van der Waals surface area contributed by atoms with E-state index in [2.05, 4.69) is 17.6 Å². The van der Waals surface area contributed by atoms with E-state index in [1.807, 2.05) is 0 Å². The number of rotatable bonds is 9. The van der Waals surface area contributed by atoms with Crippen molar-refractivity contribution in [2.75, 3.05) is 13.7 Å². The lowest BCUT2D eigenvalue weighted by atomic mass is 9.70. The van der Waals surface area contributed by atoms with Gasteiger partial charge >= 0.3 is 5.97 Å². The summed E-state index contributed by atoms with van der Waals surface area (Å²) in [6.07, 6.45) is 6.50. The molecule has 0 radical (unpaired) electrons. The number of hydrogen-bond acceptors (Lipinski definition) is 5. The van der Waals surface area contributed by atoms with Gasteiger partial charge in [0, 0.05) is 18.7 Å². The van der Waals surface area contributed by atoms with E-state index in [1.54, 1.807) is 0 Å². The molecule has 0 heterocycles. The Morgan fingerprint density at radius 3 is 2.47 bits per heavy atom. The molecule has 0 aliphatic heterocycles. The van der Waals surface area contributed by atoms with Gasteiger partial charge in [0.15, 0.2) is 11.6 Å². The van der Waals surface area contributed by atoms with E-state index in [0.717, 1.165) is 38.2 Å². The average Bonchev–Trinajstić information content (AvgIpc) is 3.40. The summed E-state index contributed by atoms with van der Waals surface area (Å²) in [5, 5.41) is 15.3. The SMILES string of the molecule is COc1cc(F)c(OC2CC(C(=O)O)C2)cc1C(=O)NC1C2CCC(C2)C1C(=O)NCC1(C)CCC1. The normalized spacial score (nSPS) is 31.6. The molecule has 0 spiro atoms. The number of fused-ring (bicyclic) bond motifs is 2. The van der Waals surface area contributed by atoms with Crippen LogP contribution in [0.2, 0.25) is 0 Å². The van der Waals surface area contributed by atoms with Crippen LogP contribution in [-0.2, 0) is 9.59 Å². The molecule has 196 valence electrons. The Hall–Kier alpha value is -2.84. The molecule has 5 rings (SSSR count). The van der Waals surface area contributed by atoms with Gasteiger partial charge in [-0.25, -0.2) is 4.39 Å². The second-order valence-electron chi connectivity index (χ2n) is 11.5. The first-order chi connectivity index (χ1) is 17.2. The Kier molecular flexibility index (Phi) is 6.59. The summed E-state index contributed by atoms with van der Waals surface area (Å²) in [4.78, 5) is 37.6. The van der Waals surface area contributed by atoms with Crippen molar-refractivity contribution in [3.63, 3.8) is 0 Å². The van der Waals surface area contributed by atoms with Crippen LogP contribution in [0.4, 0.5) is 4.39 Å². The van der Waals surface area contributed by atoms with Gasteiger partial charge in [-0.15, -0.1) is 0 Å². The molecule has 4 aliphatic carbocycles. The number of carbonyl (C=O) groups excluding carboxylic acids is 2. The van der Waals surface area contributed by atoms with Crippen molar-refractivity contribution >= 4 is 17.8 Å². The number of aliphatic carboxylic acids is 1. The number of carboxylic acid groups (broad SMARTS) is 1. The third-order valence-corrected chi connectivity index (χ3v) is 9.00. The monoisotopic (exact) mass is 502 g/mol. The van der Waals surface area contributed by atoms with Crippen molar-refractivity contribution in [1.29, 1.82) is 0 Å². The number of carboxylic acids is 1. The maximum Gasteiger partial charge on any atom is 0.306 e. The molecule has 2 amide bonds. The zero-order valence-corrected chi connectivity index (χ0v) is 20.8. The quantitative estimate of drug-likeness (QED) is 0.476. The van der Waals surface area contributed by atoms with Crippen LogP contribution >= 0.6 is 0 Å². The van der Waals surface area contributed by atoms with E-state index in [1.165, 1.54) is 19.6 Å². The van der Waals surface area contributed by atoms with Crippen LogP contribution in [-0.4, -0.2) is 48.7 Å². The number of ether oxygens (including phenoxy) is 2. The minimum Gasteiger partial charge on any atom is -0.496 e. The summed E-state index contributed by atoms with van der Waals surface area (Å²) in [5.74, 6) is -2.30. The zero-order chi connectivity index (χ0) is 25.6. The zero-order valence-electron chi connectivity index (χ0n) is 20.8. The maximum absolute atomic E-state index is 14.7. The Labute approximate surface area is 210 Å². The number of nitrogens with one attached hydrogen (secondary N) is 2. The molecule has 4 atom stereocenters. The summed E-state index contributed by atoms with van der Waals surface area (Å²) < 4.78 is 25.6. The smallest absolute Gasteiger partial charge is 0.306 e. The molecule has 8 nitrogen and oxygen atoms in total. The van der Waals surface area contributed by atoms with Gasteiger partial charge in [-0.2, -0.15) is 0 Å². The minimum absolute atomic E-state index is 0.00804. The van der Waals surface area contributed by atoms with Crippen LogP contribution in [0.15, 0.2) is 12.1 Å². The molecular weight excluding hydrogens is 467 g/mol. The van der Waals surface area contributed by atoms with Gasteiger partial charge < -0.3 is 25.2 Å². The molecule has 0 aromatic heterocycles. The Morgan fingerprint density at radius 2 is 1.83 bits per heavy atom. The first kappa shape index (κ1) is 24.8. The molecule has 1 aromatic rings. The van der Waals surface area contributed by atoms with Crippen LogP contribution in [0.25, 0.3) is 0 Å². The molecule has 4 unspecified atom stereocenters. The van der Waals surface area contributed by atoms with Gasteiger partial charge in [0.25, 0.3) is 5.91 Å². The molecule has 4 aliphatic rings. The fourth-order valence-corrected chi connectivity index (χ4v) is 6.50. The highest BCUT2D eigenvalue weighted by molar-refractivity contribution is 5.98. The predicted octanol–water partition coefficient (Wildman–Crippen LogP) is 3.53. The third-order valence-electron chi connectivity index (χ3n) is 9.00. The van der Waals surface area contributed by atoms with E-state index >= 15 is 0 Å². The van der Waals surface area contributed by atoms with Crippen molar-refractivity contribution in [3.8, 4) is 11.5 Å². The molecule has 9 heteroatoms. The lowest BCUT2D eigenvalue weighted by Gasteiger charge is -2.39. The number of carbonyl (C=O) groups is 3. The Bertz CT molecular complexity index is 1050. The Balaban J connectivity index is 1.29. The second kappa shape index (κ2) is 9.56. The van der Waals surface area contributed by atoms with E-state index in [-0.39, 0.29) is 52.2 Å². The molecule has 36 heavy (non-hydrogen) atoms. The topological polar surface area (TPSA) is 114 Å². The summed E-state index contributed by atoms with van der Waals surface area (Å²) in [5.41, 5.74) is 0.307. The second-order valence-corrected chi connectivity index (χ2v) is 11.5. The van der Waals surface area contributed by atoms with Crippen molar-refractivity contribution in [2.45, 2.75) is 70.4 Å². The first-order valence-corrected chi connectivity index (χ1v) is 13.0. The molecular formula is C27H35FN2O6. The lowest BCUT2D eigenvalue weighted by molar-refractivity contribution is -0.148. The van der Waals surface area contributed by atoms with Crippen molar-refractivity contribution in [1.82, 2.24) is 10.6 Å². The summed E-state index contributed by atoms with van der Waals surface area (Å²) in [7, 11) is 1.37. The fourth-order valence-electron chi connectivity index (χ4n) is 6.50. The van der Waals surface area contributed by atoms with Crippen molar-refractivity contribution < 1.29 is 33.4 Å². The summed E-state index contributed by atoms with van der Waals surface area (Å²) in [6, 6.07) is 2.15. The summed E-state index contributed by atoms with van der Waals surface area (Å²) >= 11 is 0. The van der Waals surface area contributed by atoms with Gasteiger partial charge in [0.1, 0.15) is 11.9 Å². The van der Waals surface area contributed by atoms with Gasteiger partial charge in [0.05, 0.1) is 24.5 Å². The number of halogens is 1. The van der Waals surface area contributed by atoms with E-state index in [0.29, 0.717) is 19.4 Å².